The molecule has 0 aliphatic rings. The number of benzene rings is 2. The summed E-state index contributed by atoms with van der Waals surface area (Å²) >= 11 is 0. The second-order valence-electron chi connectivity index (χ2n) is 9.44. The standard InChI is InChI=1S/C30H45N5O2/c1-5-9-19-34(20-10-6-2)29(36)25-15-13-17-27(23-25)31-33-32-28-18-14-16-26(24-28)30(37)35(21-11-7-3)22-12-8-4/h13-18,23-24H,5-12,19-22H2,1-4H3,(H,31,32). The van der Waals surface area contributed by atoms with Gasteiger partial charge >= 0.3 is 0 Å². The van der Waals surface area contributed by atoms with E-state index in [0.717, 1.165) is 77.5 Å². The van der Waals surface area contributed by atoms with Crippen LogP contribution in [0.25, 0.3) is 0 Å². The molecule has 2 rings (SSSR count). The summed E-state index contributed by atoms with van der Waals surface area (Å²) in [4.78, 5) is 30.1. The molecule has 0 heterocycles. The molecule has 0 aromatic heterocycles. The van der Waals surface area contributed by atoms with Crippen LogP contribution in [0.1, 0.15) is 99.8 Å². The van der Waals surface area contributed by atoms with E-state index in [1.165, 1.54) is 0 Å². The molecule has 0 saturated carbocycles. The van der Waals surface area contributed by atoms with E-state index in [0.29, 0.717) is 22.5 Å². The van der Waals surface area contributed by atoms with Gasteiger partial charge in [0.25, 0.3) is 11.8 Å². The molecule has 2 aromatic rings. The zero-order chi connectivity index (χ0) is 26.9. The van der Waals surface area contributed by atoms with Crippen LogP contribution >= 0.6 is 0 Å². The first-order chi connectivity index (χ1) is 18.0. The third-order valence-electron chi connectivity index (χ3n) is 6.25. The first-order valence-electron chi connectivity index (χ1n) is 14.0. The number of nitrogens with zero attached hydrogens (tertiary/aromatic N) is 4. The van der Waals surface area contributed by atoms with E-state index in [1.54, 1.807) is 6.07 Å². The van der Waals surface area contributed by atoms with Crippen molar-refractivity contribution < 1.29 is 9.59 Å². The zero-order valence-corrected chi connectivity index (χ0v) is 23.2. The molecule has 0 aliphatic heterocycles. The van der Waals surface area contributed by atoms with Gasteiger partial charge in [-0.05, 0) is 62.1 Å². The summed E-state index contributed by atoms with van der Waals surface area (Å²) in [6.45, 7) is 11.6. The van der Waals surface area contributed by atoms with Crippen LogP contribution in [0.4, 0.5) is 11.4 Å². The lowest BCUT2D eigenvalue weighted by molar-refractivity contribution is 0.0743. The Balaban J connectivity index is 2.07. The Bertz CT molecular complexity index is 975. The molecule has 0 spiro atoms. The molecule has 0 radical (unpaired) electrons. The maximum atomic E-state index is 13.1. The number of amides is 2. The number of unbranched alkanes of at least 4 members (excludes halogenated alkanes) is 4. The molecule has 202 valence electrons. The molecule has 0 unspecified atom stereocenters. The highest BCUT2D eigenvalue weighted by Crippen LogP contribution is 2.19. The fourth-order valence-electron chi connectivity index (χ4n) is 3.95. The van der Waals surface area contributed by atoms with E-state index in [-0.39, 0.29) is 11.8 Å². The molecule has 1 N–H and O–H groups in total. The average Bonchev–Trinajstić information content (AvgIpc) is 2.93. The van der Waals surface area contributed by atoms with Crippen molar-refractivity contribution in [3.05, 3.63) is 59.7 Å². The lowest BCUT2D eigenvalue weighted by atomic mass is 10.1. The Morgan fingerprint density at radius 2 is 1.14 bits per heavy atom. The van der Waals surface area contributed by atoms with E-state index in [1.807, 2.05) is 52.3 Å². The SMILES string of the molecule is CCCCN(CCCC)C(=O)c1cccc(/N=N/Nc2cccc(C(=O)N(CCCC)CCCC)c2)c1. The van der Waals surface area contributed by atoms with Gasteiger partial charge in [-0.1, -0.05) is 70.7 Å². The summed E-state index contributed by atoms with van der Waals surface area (Å²) < 4.78 is 0. The van der Waals surface area contributed by atoms with Gasteiger partial charge in [0, 0.05) is 37.3 Å². The highest BCUT2D eigenvalue weighted by Gasteiger charge is 2.16. The Morgan fingerprint density at radius 1 is 0.676 bits per heavy atom. The Morgan fingerprint density at radius 3 is 1.62 bits per heavy atom. The number of hydrogen-bond acceptors (Lipinski definition) is 4. The Kier molecular flexibility index (Phi) is 14.0. The summed E-state index contributed by atoms with van der Waals surface area (Å²) in [5.41, 5.74) is 5.48. The van der Waals surface area contributed by atoms with Crippen molar-refractivity contribution in [3.8, 4) is 0 Å². The third kappa shape index (κ3) is 10.3. The van der Waals surface area contributed by atoms with Gasteiger partial charge < -0.3 is 9.80 Å². The summed E-state index contributed by atoms with van der Waals surface area (Å²) in [7, 11) is 0. The fourth-order valence-corrected chi connectivity index (χ4v) is 3.95. The van der Waals surface area contributed by atoms with Crippen LogP contribution in [0.3, 0.4) is 0 Å². The number of rotatable bonds is 17. The van der Waals surface area contributed by atoms with Crippen LogP contribution < -0.4 is 5.43 Å². The number of hydrogen-bond donors (Lipinski definition) is 1. The van der Waals surface area contributed by atoms with Crippen LogP contribution in [0.5, 0.6) is 0 Å². The molecule has 0 aliphatic carbocycles. The van der Waals surface area contributed by atoms with Gasteiger partial charge in [0.05, 0.1) is 11.4 Å². The van der Waals surface area contributed by atoms with Gasteiger partial charge in [0.1, 0.15) is 0 Å². The highest BCUT2D eigenvalue weighted by atomic mass is 16.2. The molecule has 2 amide bonds. The molecule has 0 fully saturated rings. The summed E-state index contributed by atoms with van der Waals surface area (Å²) in [5.74, 6) is 0.0817. The number of nitrogens with one attached hydrogen (secondary N) is 1. The summed E-state index contributed by atoms with van der Waals surface area (Å²) in [5, 5.41) is 8.39. The minimum atomic E-state index is 0.0359. The molecule has 7 nitrogen and oxygen atoms in total. The predicted octanol–water partition coefficient (Wildman–Crippen LogP) is 7.88. The van der Waals surface area contributed by atoms with Crippen molar-refractivity contribution in [1.82, 2.24) is 9.80 Å². The molecular weight excluding hydrogens is 462 g/mol. The van der Waals surface area contributed by atoms with E-state index in [4.69, 9.17) is 0 Å². The quantitative estimate of drug-likeness (QED) is 0.175. The van der Waals surface area contributed by atoms with Crippen LogP contribution in [0, 0.1) is 0 Å². The molecule has 37 heavy (non-hydrogen) atoms. The van der Waals surface area contributed by atoms with Crippen LogP contribution in [0.15, 0.2) is 58.9 Å². The monoisotopic (exact) mass is 507 g/mol. The first-order valence-corrected chi connectivity index (χ1v) is 14.0. The van der Waals surface area contributed by atoms with Gasteiger partial charge in [0.15, 0.2) is 0 Å². The van der Waals surface area contributed by atoms with Crippen molar-refractivity contribution in [2.75, 3.05) is 31.6 Å². The van der Waals surface area contributed by atoms with E-state index in [9.17, 15) is 9.59 Å². The van der Waals surface area contributed by atoms with E-state index >= 15 is 0 Å². The van der Waals surface area contributed by atoms with Gasteiger partial charge in [-0.3, -0.25) is 15.0 Å². The zero-order valence-electron chi connectivity index (χ0n) is 23.2. The van der Waals surface area contributed by atoms with Gasteiger partial charge in [-0.15, -0.1) is 5.11 Å². The smallest absolute Gasteiger partial charge is 0.253 e. The van der Waals surface area contributed by atoms with Gasteiger partial charge in [-0.25, -0.2) is 0 Å². The molecular formula is C30H45N5O2. The molecule has 7 heteroatoms. The van der Waals surface area contributed by atoms with Crippen molar-refractivity contribution in [2.45, 2.75) is 79.1 Å². The second kappa shape index (κ2) is 17.3. The lowest BCUT2D eigenvalue weighted by Gasteiger charge is -2.22. The second-order valence-corrected chi connectivity index (χ2v) is 9.44. The average molecular weight is 508 g/mol. The van der Waals surface area contributed by atoms with Gasteiger partial charge in [0.2, 0.25) is 0 Å². The van der Waals surface area contributed by atoms with E-state index in [2.05, 4.69) is 43.5 Å². The number of carbonyl (C=O) groups excluding carboxylic acids is 2. The van der Waals surface area contributed by atoms with Crippen LogP contribution in [-0.4, -0.2) is 47.8 Å². The summed E-state index contributed by atoms with van der Waals surface area (Å²) in [6, 6.07) is 14.6. The molecule has 2 aromatic carbocycles. The van der Waals surface area contributed by atoms with Crippen molar-refractivity contribution in [2.24, 2.45) is 10.3 Å². The highest BCUT2D eigenvalue weighted by molar-refractivity contribution is 5.95. The van der Waals surface area contributed by atoms with E-state index < -0.39 is 0 Å². The van der Waals surface area contributed by atoms with Crippen molar-refractivity contribution >= 4 is 23.2 Å². The Labute approximate surface area is 223 Å². The Hall–Kier alpha value is -3.22. The molecule has 0 atom stereocenters. The minimum Gasteiger partial charge on any atom is -0.339 e. The van der Waals surface area contributed by atoms with Crippen LogP contribution in [-0.2, 0) is 0 Å². The minimum absolute atomic E-state index is 0.0359. The fraction of sp³-hybridized carbons (Fsp3) is 0.533. The molecule has 0 bridgehead atoms. The first kappa shape index (κ1) is 30.0. The van der Waals surface area contributed by atoms with Crippen molar-refractivity contribution in [1.29, 1.82) is 0 Å². The number of carbonyl (C=O) groups is 2. The number of anilines is 1. The third-order valence-corrected chi connectivity index (χ3v) is 6.25. The molecule has 0 saturated heterocycles. The predicted molar refractivity (Wildman–Crippen MR) is 152 cm³/mol. The van der Waals surface area contributed by atoms with Gasteiger partial charge in [-0.2, -0.15) is 0 Å². The lowest BCUT2D eigenvalue weighted by Crippen LogP contribution is -2.32. The largest absolute Gasteiger partial charge is 0.339 e. The normalized spacial score (nSPS) is 11.0. The maximum absolute atomic E-state index is 13.1. The summed E-state index contributed by atoms with van der Waals surface area (Å²) in [6.07, 6.45) is 8.21. The topological polar surface area (TPSA) is 77.4 Å². The van der Waals surface area contributed by atoms with Crippen molar-refractivity contribution in [3.63, 3.8) is 0 Å². The maximum Gasteiger partial charge on any atom is 0.253 e. The van der Waals surface area contributed by atoms with Crippen LogP contribution in [0.2, 0.25) is 0 Å².